The van der Waals surface area contributed by atoms with Crippen molar-refractivity contribution in [1.82, 2.24) is 0 Å². The molecule has 7 heteroatoms. The Morgan fingerprint density at radius 2 is 1.42 bits per heavy atom. The highest BCUT2D eigenvalue weighted by atomic mass is 16.8. The second kappa shape index (κ2) is 8.22. The third kappa shape index (κ3) is 3.83. The number of benzene rings is 1. The average molecular weight is 457 g/mol. The molecule has 1 heterocycles. The van der Waals surface area contributed by atoms with Crippen molar-refractivity contribution >= 4 is 17.7 Å². The molecule has 1 fully saturated rings. The van der Waals surface area contributed by atoms with E-state index in [9.17, 15) is 14.4 Å². The van der Waals surface area contributed by atoms with E-state index in [4.69, 9.17) is 18.9 Å². The Labute approximate surface area is 194 Å². The highest BCUT2D eigenvalue weighted by Gasteiger charge is 2.76. The van der Waals surface area contributed by atoms with Crippen molar-refractivity contribution in [1.29, 1.82) is 0 Å². The van der Waals surface area contributed by atoms with E-state index in [-0.39, 0.29) is 0 Å². The molecule has 0 N–H and O–H groups in total. The van der Waals surface area contributed by atoms with Crippen LogP contribution in [-0.2, 0) is 33.3 Å². The summed E-state index contributed by atoms with van der Waals surface area (Å²) < 4.78 is 22.4. The van der Waals surface area contributed by atoms with Crippen LogP contribution in [-0.4, -0.2) is 43.1 Å². The molecule has 178 valence electrons. The molecule has 1 aliphatic carbocycles. The van der Waals surface area contributed by atoms with Gasteiger partial charge in [0.15, 0.2) is 12.1 Å². The maximum Gasteiger partial charge on any atom is 0.354 e. The van der Waals surface area contributed by atoms with Gasteiger partial charge in [-0.3, -0.25) is 4.79 Å². The molecule has 1 saturated heterocycles. The van der Waals surface area contributed by atoms with Crippen LogP contribution in [0.25, 0.3) is 0 Å². The van der Waals surface area contributed by atoms with Crippen LogP contribution in [0.3, 0.4) is 0 Å². The molecule has 1 aliphatic heterocycles. The zero-order valence-electron chi connectivity index (χ0n) is 20.5. The van der Waals surface area contributed by atoms with Gasteiger partial charge < -0.3 is 18.9 Å². The number of allylic oxidation sites excluding steroid dienone is 2. The van der Waals surface area contributed by atoms with Gasteiger partial charge in [0.05, 0.1) is 14.2 Å². The Kier molecular flexibility index (Phi) is 6.19. The fraction of sp³-hybridized carbons (Fsp3) is 0.500. The van der Waals surface area contributed by atoms with E-state index < -0.39 is 46.0 Å². The highest BCUT2D eigenvalue weighted by molar-refractivity contribution is 6.18. The van der Waals surface area contributed by atoms with Crippen molar-refractivity contribution in [2.24, 2.45) is 10.8 Å². The molecule has 2 aliphatic rings. The van der Waals surface area contributed by atoms with E-state index in [0.29, 0.717) is 11.1 Å². The van der Waals surface area contributed by atoms with E-state index >= 15 is 0 Å². The monoisotopic (exact) mass is 456 g/mol. The van der Waals surface area contributed by atoms with Crippen molar-refractivity contribution in [2.45, 2.75) is 59.0 Å². The quantitative estimate of drug-likeness (QED) is 0.500. The second-order valence-electron chi connectivity index (χ2n) is 10.4. The summed E-state index contributed by atoms with van der Waals surface area (Å²) in [5, 5.41) is 0. The Bertz CT molecular complexity index is 1000. The lowest BCUT2D eigenvalue weighted by Gasteiger charge is -2.41. The van der Waals surface area contributed by atoms with Gasteiger partial charge in [-0.05, 0) is 22.5 Å². The molecule has 0 saturated carbocycles. The first-order chi connectivity index (χ1) is 15.2. The van der Waals surface area contributed by atoms with E-state index in [2.05, 4.69) is 0 Å². The summed E-state index contributed by atoms with van der Waals surface area (Å²) >= 11 is 0. The summed E-state index contributed by atoms with van der Waals surface area (Å²) in [5.74, 6) is -2.68. The molecular weight excluding hydrogens is 424 g/mol. The molecule has 3 rings (SSSR count). The molecule has 0 unspecified atom stereocenters. The summed E-state index contributed by atoms with van der Waals surface area (Å²) in [7, 11) is 2.25. The van der Waals surface area contributed by atoms with Crippen molar-refractivity contribution in [3.8, 4) is 0 Å². The third-order valence-corrected chi connectivity index (χ3v) is 6.03. The number of methoxy groups -OCH3 is 2. The first-order valence-corrected chi connectivity index (χ1v) is 10.8. The number of ketones is 1. The molecule has 1 aromatic carbocycles. The van der Waals surface area contributed by atoms with E-state index in [1.807, 2.05) is 53.7 Å². The normalized spacial score (nSPS) is 24.8. The van der Waals surface area contributed by atoms with Crippen LogP contribution >= 0.6 is 0 Å². The SMILES string of the molecule is COC(=O)C1(C(=O)OC)O[C@H](c2ccccc2)O[C@]12C=C(C(C)(C)C)C=C(C(C)(C)C)C2=O. The second-order valence-corrected chi connectivity index (χ2v) is 10.4. The van der Waals surface area contributed by atoms with Crippen LogP contribution in [0, 0.1) is 10.8 Å². The number of Topliss-reactive ketones (excluding diaryl/α,β-unsaturated/α-hetero) is 1. The van der Waals surface area contributed by atoms with Crippen molar-refractivity contribution < 1.29 is 33.3 Å². The third-order valence-electron chi connectivity index (χ3n) is 6.03. The van der Waals surface area contributed by atoms with Crippen molar-refractivity contribution in [3.05, 3.63) is 59.2 Å². The number of hydrogen-bond acceptors (Lipinski definition) is 7. The summed E-state index contributed by atoms with van der Waals surface area (Å²) in [6.45, 7) is 11.6. The van der Waals surface area contributed by atoms with E-state index in [0.717, 1.165) is 19.8 Å². The molecule has 0 aromatic heterocycles. The molecule has 0 amide bonds. The minimum atomic E-state index is -2.49. The molecule has 0 radical (unpaired) electrons. The maximum atomic E-state index is 14.2. The highest BCUT2D eigenvalue weighted by Crippen LogP contribution is 2.54. The van der Waals surface area contributed by atoms with Crippen LogP contribution in [0.15, 0.2) is 53.6 Å². The summed E-state index contributed by atoms with van der Waals surface area (Å²) in [5.41, 5.74) is -3.98. The Balaban J connectivity index is 2.39. The van der Waals surface area contributed by atoms with Gasteiger partial charge in [0, 0.05) is 11.1 Å². The van der Waals surface area contributed by atoms with Gasteiger partial charge in [-0.1, -0.05) is 78.0 Å². The van der Waals surface area contributed by atoms with Gasteiger partial charge in [0.2, 0.25) is 5.60 Å². The van der Waals surface area contributed by atoms with Crippen molar-refractivity contribution in [2.75, 3.05) is 14.2 Å². The molecule has 1 spiro atoms. The average Bonchev–Trinajstić information content (AvgIpc) is 3.10. The van der Waals surface area contributed by atoms with Crippen LogP contribution in [0.4, 0.5) is 0 Å². The van der Waals surface area contributed by atoms with Crippen LogP contribution in [0.1, 0.15) is 53.4 Å². The van der Waals surface area contributed by atoms with E-state index in [1.165, 1.54) is 6.08 Å². The van der Waals surface area contributed by atoms with Gasteiger partial charge in [-0.2, -0.15) is 0 Å². The Morgan fingerprint density at radius 3 is 1.88 bits per heavy atom. The number of hydrogen-bond donors (Lipinski definition) is 0. The fourth-order valence-corrected chi connectivity index (χ4v) is 4.13. The predicted octanol–water partition coefficient (Wildman–Crippen LogP) is 4.08. The number of rotatable bonds is 3. The molecule has 1 aromatic rings. The van der Waals surface area contributed by atoms with Gasteiger partial charge in [0.25, 0.3) is 0 Å². The van der Waals surface area contributed by atoms with Gasteiger partial charge in [-0.15, -0.1) is 0 Å². The molecule has 7 nitrogen and oxygen atoms in total. The molecule has 2 atom stereocenters. The smallest absolute Gasteiger partial charge is 0.354 e. The minimum absolute atomic E-state index is 0.407. The minimum Gasteiger partial charge on any atom is -0.466 e. The summed E-state index contributed by atoms with van der Waals surface area (Å²) in [6, 6.07) is 8.80. The number of ether oxygens (including phenoxy) is 4. The van der Waals surface area contributed by atoms with Gasteiger partial charge >= 0.3 is 17.5 Å². The van der Waals surface area contributed by atoms with Crippen molar-refractivity contribution in [3.63, 3.8) is 0 Å². The maximum absolute atomic E-state index is 14.2. The zero-order chi connectivity index (χ0) is 24.8. The summed E-state index contributed by atoms with van der Waals surface area (Å²) in [4.78, 5) is 40.8. The lowest BCUT2D eigenvalue weighted by molar-refractivity contribution is -0.191. The molecule has 33 heavy (non-hydrogen) atoms. The van der Waals surface area contributed by atoms with Crippen LogP contribution < -0.4 is 0 Å². The fourth-order valence-electron chi connectivity index (χ4n) is 4.13. The number of carbonyl (C=O) groups excluding carboxylic acids is 3. The lowest BCUT2D eigenvalue weighted by atomic mass is 9.65. The number of esters is 2. The topological polar surface area (TPSA) is 88.1 Å². The van der Waals surface area contributed by atoms with Crippen LogP contribution in [0.5, 0.6) is 0 Å². The van der Waals surface area contributed by atoms with Gasteiger partial charge in [-0.25, -0.2) is 9.59 Å². The number of carbonyl (C=O) groups is 3. The zero-order valence-corrected chi connectivity index (χ0v) is 20.5. The van der Waals surface area contributed by atoms with Gasteiger partial charge in [0.1, 0.15) is 0 Å². The first kappa shape index (κ1) is 24.9. The Hall–Kier alpha value is -2.77. The molecule has 0 bridgehead atoms. The standard InChI is InChI=1S/C26H32O7/c1-23(2,3)17-14-18(24(4,5)6)19(27)25(15-17)26(21(28)30-7,22(29)31-8)33-20(32-25)16-12-10-9-11-13-16/h9-15,20H,1-8H3/t20-,25+/m1/s1. The lowest BCUT2D eigenvalue weighted by Crippen LogP contribution is -2.67. The predicted molar refractivity (Wildman–Crippen MR) is 121 cm³/mol. The Morgan fingerprint density at radius 1 is 0.879 bits per heavy atom. The summed E-state index contributed by atoms with van der Waals surface area (Å²) in [6.07, 6.45) is 2.15. The van der Waals surface area contributed by atoms with Crippen LogP contribution in [0.2, 0.25) is 0 Å². The van der Waals surface area contributed by atoms with E-state index in [1.54, 1.807) is 24.3 Å². The largest absolute Gasteiger partial charge is 0.466 e. The first-order valence-electron chi connectivity index (χ1n) is 10.8. The molecular formula is C26H32O7.